The Bertz CT molecular complexity index is 935. The molecule has 1 saturated carbocycles. The van der Waals surface area contributed by atoms with Crippen LogP contribution in [0.3, 0.4) is 0 Å². The second-order valence-electron chi connectivity index (χ2n) is 9.92. The topological polar surface area (TPSA) is 116 Å². The molecule has 0 spiro atoms. The van der Waals surface area contributed by atoms with Crippen LogP contribution in [0.5, 0.6) is 5.75 Å². The van der Waals surface area contributed by atoms with Crippen LogP contribution >= 0.6 is 0 Å². The van der Waals surface area contributed by atoms with Crippen molar-refractivity contribution in [2.24, 2.45) is 11.8 Å². The summed E-state index contributed by atoms with van der Waals surface area (Å²) in [5, 5.41) is 8.89. The highest BCUT2D eigenvalue weighted by Crippen LogP contribution is 2.55. The van der Waals surface area contributed by atoms with Gasteiger partial charge in [-0.25, -0.2) is 4.79 Å². The van der Waals surface area contributed by atoms with Gasteiger partial charge in [0.25, 0.3) is 0 Å². The number of benzene rings is 1. The first-order valence-corrected chi connectivity index (χ1v) is 15.1. The predicted molar refractivity (Wildman–Crippen MR) is 122 cm³/mol. The molecule has 3 aliphatic rings. The maximum Gasteiger partial charge on any atom is 0.341 e. The number of Topliss-reactive ketones (excluding diaryl/α,β-unsaturated/α-hetero) is 1. The van der Waals surface area contributed by atoms with Gasteiger partial charge in [0.05, 0.1) is 31.0 Å². The van der Waals surface area contributed by atoms with Crippen molar-refractivity contribution < 1.29 is 38.5 Å². The molecule has 4 rings (SSSR count). The third-order valence-corrected chi connectivity index (χ3v) is 7.90. The van der Waals surface area contributed by atoms with Crippen molar-refractivity contribution in [3.05, 3.63) is 29.3 Å². The molecule has 33 heavy (non-hydrogen) atoms. The lowest BCUT2D eigenvalue weighted by Gasteiger charge is -2.46. The Labute approximate surface area is 194 Å². The number of aliphatic carboxylic acids is 1. The highest BCUT2D eigenvalue weighted by molar-refractivity contribution is 6.76. The number of rotatable bonds is 10. The zero-order valence-electron chi connectivity index (χ0n) is 19.6. The first kappa shape index (κ1) is 24.9. The highest BCUT2D eigenvalue weighted by Gasteiger charge is 2.57. The quantitative estimate of drug-likeness (QED) is 0.404. The zero-order chi connectivity index (χ0) is 24.3. The molecule has 0 aliphatic heterocycles. The largest absolute Gasteiger partial charge is 0.482 e. The van der Waals surface area contributed by atoms with Gasteiger partial charge in [0.2, 0.25) is 0 Å². The summed E-state index contributed by atoms with van der Waals surface area (Å²) in [4.78, 5) is 50.1. The lowest BCUT2D eigenvalue weighted by molar-refractivity contribution is -0.167. The maximum atomic E-state index is 13.2. The molecule has 0 radical (unpaired) electrons. The minimum absolute atomic E-state index is 0.132. The van der Waals surface area contributed by atoms with E-state index >= 15 is 0 Å². The molecule has 3 aliphatic carbocycles. The molecule has 4 unspecified atom stereocenters. The number of fused-ring (bicyclic) bond motifs is 2. The second-order valence-corrected chi connectivity index (χ2v) is 15.5. The number of esters is 2. The van der Waals surface area contributed by atoms with Crippen LogP contribution in [0.25, 0.3) is 0 Å². The van der Waals surface area contributed by atoms with Crippen LogP contribution in [0.4, 0.5) is 0 Å². The number of carboxylic acid groups (broad SMARTS) is 1. The van der Waals surface area contributed by atoms with E-state index in [0.29, 0.717) is 24.3 Å². The number of carbonyl (C=O) groups is 4. The summed E-state index contributed by atoms with van der Waals surface area (Å²) in [7, 11) is -1.42. The number of carboxylic acids is 1. The summed E-state index contributed by atoms with van der Waals surface area (Å²) < 4.78 is 16.3. The third kappa shape index (κ3) is 5.63. The van der Waals surface area contributed by atoms with Crippen molar-refractivity contribution in [2.75, 3.05) is 19.8 Å². The molecule has 1 aromatic rings. The fraction of sp³-hybridized carbons (Fsp3) is 0.583. The summed E-state index contributed by atoms with van der Waals surface area (Å²) in [6.45, 7) is 8.41. The summed E-state index contributed by atoms with van der Waals surface area (Å²) >= 11 is 0. The molecule has 1 N–H and O–H groups in total. The zero-order valence-corrected chi connectivity index (χ0v) is 20.6. The van der Waals surface area contributed by atoms with Crippen LogP contribution in [-0.4, -0.2) is 56.7 Å². The number of hydrogen-bond acceptors (Lipinski definition) is 7. The fourth-order valence-electron chi connectivity index (χ4n) is 4.64. The third-order valence-electron chi connectivity index (χ3n) is 6.19. The monoisotopic (exact) mass is 476 g/mol. The van der Waals surface area contributed by atoms with E-state index < -0.39 is 56.3 Å². The molecular weight excluding hydrogens is 444 g/mol. The van der Waals surface area contributed by atoms with Crippen molar-refractivity contribution in [1.82, 2.24) is 0 Å². The van der Waals surface area contributed by atoms with Crippen LogP contribution in [0.2, 0.25) is 25.7 Å². The van der Waals surface area contributed by atoms with Crippen molar-refractivity contribution in [3.8, 4) is 5.75 Å². The fourth-order valence-corrected chi connectivity index (χ4v) is 5.35. The van der Waals surface area contributed by atoms with Crippen LogP contribution in [-0.2, 0) is 28.7 Å². The van der Waals surface area contributed by atoms with Gasteiger partial charge in [-0.05, 0) is 35.7 Å². The number of ether oxygens (including phenoxy) is 3. The van der Waals surface area contributed by atoms with Crippen molar-refractivity contribution in [1.29, 1.82) is 0 Å². The summed E-state index contributed by atoms with van der Waals surface area (Å²) in [6, 6.07) is 5.81. The minimum atomic E-state index is -1.42. The van der Waals surface area contributed by atoms with E-state index in [1.165, 1.54) is 0 Å². The number of carbonyl (C=O) groups excluding carboxylic acids is 3. The molecule has 4 atom stereocenters. The van der Waals surface area contributed by atoms with Gasteiger partial charge in [0.15, 0.2) is 6.61 Å². The molecule has 0 aromatic heterocycles. The Balaban J connectivity index is 1.95. The summed E-state index contributed by atoms with van der Waals surface area (Å²) in [5.41, 5.74) is 1.40. The molecule has 2 bridgehead atoms. The Morgan fingerprint density at radius 2 is 1.70 bits per heavy atom. The average Bonchev–Trinajstić information content (AvgIpc) is 2.74. The molecule has 180 valence electrons. The maximum absolute atomic E-state index is 13.2. The van der Waals surface area contributed by atoms with Gasteiger partial charge >= 0.3 is 17.9 Å². The van der Waals surface area contributed by atoms with E-state index in [0.717, 1.165) is 11.6 Å². The molecule has 0 amide bonds. The standard InChI is InChI=1S/C24H32O8Si/c1-5-8-30-24(29)22-20-16-11-14(32-13-19(26)27)6-7-15(16)17(12-18(20)25)21(22)23(28)31-9-10-33(2,3)4/h6-7,11,17,20-22H,5,8-10,12-13H2,1-4H3,(H,26,27). The molecule has 0 heterocycles. The van der Waals surface area contributed by atoms with Gasteiger partial charge in [-0.3, -0.25) is 14.4 Å². The number of hydrogen-bond donors (Lipinski definition) is 1. The van der Waals surface area contributed by atoms with Crippen LogP contribution < -0.4 is 4.74 Å². The van der Waals surface area contributed by atoms with Gasteiger partial charge < -0.3 is 19.3 Å². The minimum Gasteiger partial charge on any atom is -0.482 e. The molecule has 0 saturated heterocycles. The van der Waals surface area contributed by atoms with E-state index in [1.807, 2.05) is 6.92 Å². The van der Waals surface area contributed by atoms with E-state index in [-0.39, 0.29) is 18.8 Å². The van der Waals surface area contributed by atoms with Gasteiger partial charge in [-0.2, -0.15) is 0 Å². The smallest absolute Gasteiger partial charge is 0.341 e. The summed E-state index contributed by atoms with van der Waals surface area (Å²) in [5.74, 6) is -5.10. The van der Waals surface area contributed by atoms with Gasteiger partial charge in [0, 0.05) is 20.4 Å². The molecule has 1 aromatic carbocycles. The van der Waals surface area contributed by atoms with Crippen LogP contribution in [0.15, 0.2) is 18.2 Å². The van der Waals surface area contributed by atoms with Gasteiger partial charge in [0.1, 0.15) is 11.5 Å². The Kier molecular flexibility index (Phi) is 7.61. The van der Waals surface area contributed by atoms with E-state index in [1.54, 1.807) is 18.2 Å². The van der Waals surface area contributed by atoms with Crippen molar-refractivity contribution in [2.45, 2.75) is 57.3 Å². The Morgan fingerprint density at radius 1 is 1.03 bits per heavy atom. The predicted octanol–water partition coefficient (Wildman–Crippen LogP) is 3.37. The summed E-state index contributed by atoms with van der Waals surface area (Å²) in [6.07, 6.45) is 0.772. The SMILES string of the molecule is CCCOC(=O)C1C2C(=O)CC(c3ccc(OCC(=O)O)cc32)C1C(=O)OCC[Si](C)(C)C. The highest BCUT2D eigenvalue weighted by atomic mass is 28.3. The Morgan fingerprint density at radius 3 is 2.33 bits per heavy atom. The van der Waals surface area contributed by atoms with E-state index in [9.17, 15) is 19.2 Å². The number of ketones is 1. The lowest BCUT2D eigenvalue weighted by atomic mass is 9.55. The Hall–Kier alpha value is -2.68. The second kappa shape index (κ2) is 10.1. The van der Waals surface area contributed by atoms with E-state index in [2.05, 4.69) is 19.6 Å². The van der Waals surface area contributed by atoms with Gasteiger partial charge in [-0.1, -0.05) is 32.6 Å². The molecule has 9 heteroatoms. The lowest BCUT2D eigenvalue weighted by Crippen LogP contribution is -2.50. The molecular formula is C24H32O8Si. The molecule has 8 nitrogen and oxygen atoms in total. The van der Waals surface area contributed by atoms with Crippen LogP contribution in [0, 0.1) is 11.8 Å². The van der Waals surface area contributed by atoms with Crippen molar-refractivity contribution in [3.63, 3.8) is 0 Å². The molecule has 1 fully saturated rings. The van der Waals surface area contributed by atoms with Crippen LogP contribution in [0.1, 0.15) is 42.7 Å². The first-order valence-electron chi connectivity index (χ1n) is 11.4. The first-order chi connectivity index (χ1) is 15.5. The average molecular weight is 477 g/mol. The van der Waals surface area contributed by atoms with E-state index in [4.69, 9.17) is 19.3 Å². The normalized spacial score (nSPS) is 23.6. The van der Waals surface area contributed by atoms with Crippen molar-refractivity contribution >= 4 is 31.8 Å². The van der Waals surface area contributed by atoms with Gasteiger partial charge in [-0.15, -0.1) is 0 Å².